The third-order valence-electron chi connectivity index (χ3n) is 3.79. The minimum atomic E-state index is -0.698. The second kappa shape index (κ2) is 6.56. The first-order valence-corrected chi connectivity index (χ1v) is 7.34. The van der Waals surface area contributed by atoms with Crippen LogP contribution in [0.4, 0.5) is 0 Å². The van der Waals surface area contributed by atoms with E-state index in [-0.39, 0.29) is 45.6 Å². The molecule has 0 saturated carbocycles. The SMILES string of the molecule is CCCCC(c1c(O)cc(O)cc1O)c1c(O)cc(O)cc1O. The molecule has 2 aromatic carbocycles. The van der Waals surface area contributed by atoms with Crippen LogP contribution in [0.2, 0.25) is 0 Å². The maximum atomic E-state index is 10.1. The average Bonchev–Trinajstić information content (AvgIpc) is 2.41. The Hall–Kier alpha value is -2.76. The van der Waals surface area contributed by atoms with E-state index in [0.29, 0.717) is 12.8 Å². The number of phenols is 6. The van der Waals surface area contributed by atoms with E-state index < -0.39 is 5.92 Å². The highest BCUT2D eigenvalue weighted by atomic mass is 16.3. The fraction of sp³-hybridized carbons (Fsp3) is 0.294. The van der Waals surface area contributed by atoms with Crippen molar-refractivity contribution in [3.8, 4) is 34.5 Å². The fourth-order valence-corrected chi connectivity index (χ4v) is 2.77. The molecule has 0 spiro atoms. The van der Waals surface area contributed by atoms with Gasteiger partial charge in [0.05, 0.1) is 0 Å². The molecule has 0 saturated heterocycles. The zero-order valence-electron chi connectivity index (χ0n) is 12.7. The first kappa shape index (κ1) is 16.6. The van der Waals surface area contributed by atoms with Crippen LogP contribution in [0.5, 0.6) is 34.5 Å². The largest absolute Gasteiger partial charge is 0.508 e. The molecule has 0 aliphatic rings. The zero-order valence-corrected chi connectivity index (χ0v) is 12.7. The molecule has 0 amide bonds. The summed E-state index contributed by atoms with van der Waals surface area (Å²) < 4.78 is 0. The predicted molar refractivity (Wildman–Crippen MR) is 84.2 cm³/mol. The maximum Gasteiger partial charge on any atom is 0.126 e. The summed E-state index contributed by atoms with van der Waals surface area (Å²) in [5.74, 6) is -2.64. The standard InChI is InChI=1S/C17H20O6/c1-2-3-4-11(16-12(20)5-9(18)6-13(16)21)17-14(22)7-10(19)8-15(17)23/h5-8,11,18-23H,2-4H2,1H3. The van der Waals surface area contributed by atoms with Gasteiger partial charge in [0.1, 0.15) is 34.5 Å². The van der Waals surface area contributed by atoms with E-state index in [1.54, 1.807) is 0 Å². The first-order valence-electron chi connectivity index (χ1n) is 7.34. The monoisotopic (exact) mass is 320 g/mol. The van der Waals surface area contributed by atoms with E-state index in [1.165, 1.54) is 0 Å². The molecule has 124 valence electrons. The molecule has 0 radical (unpaired) electrons. The highest BCUT2D eigenvalue weighted by Gasteiger charge is 2.27. The van der Waals surface area contributed by atoms with Gasteiger partial charge in [-0.3, -0.25) is 0 Å². The van der Waals surface area contributed by atoms with Gasteiger partial charge in [-0.15, -0.1) is 0 Å². The highest BCUT2D eigenvalue weighted by Crippen LogP contribution is 2.48. The Balaban J connectivity index is 2.64. The minimum absolute atomic E-state index is 0.104. The number of rotatable bonds is 5. The molecule has 0 heterocycles. The Morgan fingerprint density at radius 3 is 1.35 bits per heavy atom. The maximum absolute atomic E-state index is 10.1. The van der Waals surface area contributed by atoms with E-state index in [2.05, 4.69) is 0 Å². The van der Waals surface area contributed by atoms with Crippen molar-refractivity contribution in [1.82, 2.24) is 0 Å². The average molecular weight is 320 g/mol. The normalized spacial score (nSPS) is 11.0. The van der Waals surface area contributed by atoms with Crippen LogP contribution in [0, 0.1) is 0 Å². The first-order chi connectivity index (χ1) is 10.8. The Morgan fingerprint density at radius 2 is 1.04 bits per heavy atom. The Labute approximate surface area is 133 Å². The number of aromatic hydroxyl groups is 6. The topological polar surface area (TPSA) is 121 Å². The molecule has 6 N–H and O–H groups in total. The summed E-state index contributed by atoms with van der Waals surface area (Å²) in [6, 6.07) is 4.34. The molecule has 0 aromatic heterocycles. The van der Waals surface area contributed by atoms with E-state index in [9.17, 15) is 30.6 Å². The highest BCUT2D eigenvalue weighted by molar-refractivity contribution is 5.59. The molecular weight excluding hydrogens is 300 g/mol. The molecule has 6 nitrogen and oxygen atoms in total. The molecule has 0 bridgehead atoms. The summed E-state index contributed by atoms with van der Waals surface area (Å²) >= 11 is 0. The van der Waals surface area contributed by atoms with E-state index in [0.717, 1.165) is 30.7 Å². The molecule has 6 heteroatoms. The summed E-state index contributed by atoms with van der Waals surface area (Å²) in [6.45, 7) is 1.96. The lowest BCUT2D eigenvalue weighted by molar-refractivity contribution is 0.398. The van der Waals surface area contributed by atoms with Crippen LogP contribution in [0.15, 0.2) is 24.3 Å². The number of hydrogen-bond acceptors (Lipinski definition) is 6. The lowest BCUT2D eigenvalue weighted by Gasteiger charge is -2.22. The van der Waals surface area contributed by atoms with Gasteiger partial charge in [0.2, 0.25) is 0 Å². The molecule has 0 unspecified atom stereocenters. The van der Waals surface area contributed by atoms with E-state index >= 15 is 0 Å². The summed E-state index contributed by atoms with van der Waals surface area (Å²) in [5, 5.41) is 59.3. The van der Waals surface area contributed by atoms with Crippen LogP contribution in [-0.4, -0.2) is 30.6 Å². The second-order valence-electron chi connectivity index (χ2n) is 5.49. The number of hydrogen-bond donors (Lipinski definition) is 6. The van der Waals surface area contributed by atoms with Crippen LogP contribution >= 0.6 is 0 Å². The molecule has 0 aliphatic carbocycles. The minimum Gasteiger partial charge on any atom is -0.508 e. The van der Waals surface area contributed by atoms with Gasteiger partial charge in [-0.05, 0) is 6.42 Å². The third-order valence-corrected chi connectivity index (χ3v) is 3.79. The molecule has 2 rings (SSSR count). The van der Waals surface area contributed by atoms with Crippen LogP contribution in [0.25, 0.3) is 0 Å². The number of benzene rings is 2. The van der Waals surface area contributed by atoms with Crippen molar-refractivity contribution in [3.63, 3.8) is 0 Å². The van der Waals surface area contributed by atoms with Crippen molar-refractivity contribution in [1.29, 1.82) is 0 Å². The smallest absolute Gasteiger partial charge is 0.126 e. The molecule has 23 heavy (non-hydrogen) atoms. The van der Waals surface area contributed by atoms with E-state index in [1.807, 2.05) is 6.92 Å². The summed E-state index contributed by atoms with van der Waals surface area (Å²) in [7, 11) is 0. The Bertz CT molecular complexity index is 607. The summed E-state index contributed by atoms with van der Waals surface area (Å²) in [6.07, 6.45) is 1.98. The van der Waals surface area contributed by atoms with Crippen molar-refractivity contribution in [2.45, 2.75) is 32.1 Å². The molecule has 0 fully saturated rings. The second-order valence-corrected chi connectivity index (χ2v) is 5.49. The van der Waals surface area contributed by atoms with Gasteiger partial charge in [-0.25, -0.2) is 0 Å². The van der Waals surface area contributed by atoms with Gasteiger partial charge >= 0.3 is 0 Å². The molecule has 0 aliphatic heterocycles. The third kappa shape index (κ3) is 3.36. The van der Waals surface area contributed by atoms with Crippen LogP contribution in [0.3, 0.4) is 0 Å². The van der Waals surface area contributed by atoms with Crippen LogP contribution in [0.1, 0.15) is 43.2 Å². The van der Waals surface area contributed by atoms with Gasteiger partial charge in [0.25, 0.3) is 0 Å². The summed E-state index contributed by atoms with van der Waals surface area (Å²) in [4.78, 5) is 0. The van der Waals surface area contributed by atoms with Crippen molar-refractivity contribution in [2.75, 3.05) is 0 Å². The Morgan fingerprint density at radius 1 is 0.696 bits per heavy atom. The lowest BCUT2D eigenvalue weighted by Crippen LogP contribution is -2.03. The molecule has 2 aromatic rings. The number of phenolic OH excluding ortho intramolecular Hbond substituents is 6. The van der Waals surface area contributed by atoms with Gasteiger partial charge in [-0.1, -0.05) is 19.8 Å². The number of unbranched alkanes of at least 4 members (excludes halogenated alkanes) is 1. The van der Waals surface area contributed by atoms with Crippen LogP contribution < -0.4 is 0 Å². The lowest BCUT2D eigenvalue weighted by atomic mass is 9.84. The predicted octanol–water partition coefficient (Wildman–Crippen LogP) is 3.24. The molecule has 0 atom stereocenters. The Kier molecular flexibility index (Phi) is 4.74. The quantitative estimate of drug-likeness (QED) is 0.503. The van der Waals surface area contributed by atoms with Crippen molar-refractivity contribution in [3.05, 3.63) is 35.4 Å². The fourth-order valence-electron chi connectivity index (χ4n) is 2.77. The molecular formula is C17H20O6. The van der Waals surface area contributed by atoms with Gasteiger partial charge in [0, 0.05) is 41.3 Å². The van der Waals surface area contributed by atoms with Gasteiger partial charge in [0.15, 0.2) is 0 Å². The van der Waals surface area contributed by atoms with Crippen LogP contribution in [-0.2, 0) is 0 Å². The zero-order chi connectivity index (χ0) is 17.1. The van der Waals surface area contributed by atoms with E-state index in [4.69, 9.17) is 0 Å². The van der Waals surface area contributed by atoms with Gasteiger partial charge in [-0.2, -0.15) is 0 Å². The van der Waals surface area contributed by atoms with Crippen molar-refractivity contribution < 1.29 is 30.6 Å². The summed E-state index contributed by atoms with van der Waals surface area (Å²) in [5.41, 5.74) is 0.208. The van der Waals surface area contributed by atoms with Crippen molar-refractivity contribution >= 4 is 0 Å². The van der Waals surface area contributed by atoms with Crippen molar-refractivity contribution in [2.24, 2.45) is 0 Å². The van der Waals surface area contributed by atoms with Gasteiger partial charge < -0.3 is 30.6 Å².